The number of nitrogens with zero attached hydrogens (tertiary/aromatic N) is 1. The molecule has 0 aliphatic rings. The Bertz CT molecular complexity index is 525. The minimum atomic E-state index is -4.57. The maximum Gasteiger partial charge on any atom is 0.419 e. The maximum absolute atomic E-state index is 13.0. The number of aliphatic carboxylic acids is 1. The first-order valence-corrected chi connectivity index (χ1v) is 6.10. The predicted molar refractivity (Wildman–Crippen MR) is 72.2 cm³/mol. The van der Waals surface area contributed by atoms with Crippen LogP contribution in [0.15, 0.2) is 24.3 Å². The summed E-state index contributed by atoms with van der Waals surface area (Å²) in [5.74, 6) is -1.49. The highest BCUT2D eigenvalue weighted by atomic mass is 19.4. The van der Waals surface area contributed by atoms with Crippen LogP contribution in [-0.2, 0) is 11.0 Å². The van der Waals surface area contributed by atoms with Crippen molar-refractivity contribution < 1.29 is 27.8 Å². The van der Waals surface area contributed by atoms with E-state index in [1.54, 1.807) is 19.0 Å². The molecule has 0 aromatic heterocycles. The van der Waals surface area contributed by atoms with Crippen LogP contribution in [0.1, 0.15) is 11.1 Å². The van der Waals surface area contributed by atoms with Gasteiger partial charge < -0.3 is 14.7 Å². The summed E-state index contributed by atoms with van der Waals surface area (Å²) in [5, 5.41) is 8.49. The summed E-state index contributed by atoms with van der Waals surface area (Å²) in [6.07, 6.45) is -2.69. The lowest BCUT2D eigenvalue weighted by molar-refractivity contribution is -0.139. The number of likely N-dealkylation sites (N-methyl/N-ethyl adjacent to an activating group) is 1. The third kappa shape index (κ3) is 5.86. The summed E-state index contributed by atoms with van der Waals surface area (Å²) in [4.78, 5) is 12.2. The first kappa shape index (κ1) is 17.0. The van der Waals surface area contributed by atoms with Crippen molar-refractivity contribution in [3.63, 3.8) is 0 Å². The normalized spacial score (nSPS) is 12.1. The summed E-state index contributed by atoms with van der Waals surface area (Å²) >= 11 is 0. The quantitative estimate of drug-likeness (QED) is 0.821. The molecule has 1 rings (SSSR count). The summed E-state index contributed by atoms with van der Waals surface area (Å²) in [6, 6.07) is 3.43. The van der Waals surface area contributed by atoms with Gasteiger partial charge in [0, 0.05) is 12.6 Å². The van der Waals surface area contributed by atoms with Crippen molar-refractivity contribution in [1.82, 2.24) is 4.90 Å². The number of hydrogen-bond acceptors (Lipinski definition) is 3. The number of hydrogen-bond donors (Lipinski definition) is 1. The zero-order valence-electron chi connectivity index (χ0n) is 11.6. The van der Waals surface area contributed by atoms with Crippen molar-refractivity contribution in [2.75, 3.05) is 27.2 Å². The summed E-state index contributed by atoms with van der Waals surface area (Å²) in [7, 11) is 3.57. The fourth-order valence-electron chi connectivity index (χ4n) is 1.50. The van der Waals surface area contributed by atoms with E-state index in [1.165, 1.54) is 12.1 Å². The first-order chi connectivity index (χ1) is 9.70. The van der Waals surface area contributed by atoms with Gasteiger partial charge in [0.1, 0.15) is 12.4 Å². The van der Waals surface area contributed by atoms with Crippen LogP contribution in [0.3, 0.4) is 0 Å². The molecule has 21 heavy (non-hydrogen) atoms. The molecule has 0 saturated carbocycles. The average molecular weight is 303 g/mol. The third-order valence-electron chi connectivity index (χ3n) is 2.52. The van der Waals surface area contributed by atoms with Crippen LogP contribution < -0.4 is 4.74 Å². The molecule has 0 fully saturated rings. The summed E-state index contributed by atoms with van der Waals surface area (Å²) in [5.41, 5.74) is -0.779. The van der Waals surface area contributed by atoms with Gasteiger partial charge in [-0.2, -0.15) is 13.2 Å². The Balaban J connectivity index is 3.00. The monoisotopic (exact) mass is 303 g/mol. The molecule has 1 aromatic carbocycles. The molecule has 0 spiro atoms. The van der Waals surface area contributed by atoms with Gasteiger partial charge in [0.2, 0.25) is 0 Å². The topological polar surface area (TPSA) is 49.8 Å². The Hall–Kier alpha value is -2.02. The maximum atomic E-state index is 13.0. The smallest absolute Gasteiger partial charge is 0.419 e. The number of ether oxygens (including phenoxy) is 1. The van der Waals surface area contributed by atoms with Crippen LogP contribution in [0.4, 0.5) is 13.2 Å². The molecule has 0 aliphatic carbocycles. The van der Waals surface area contributed by atoms with Crippen LogP contribution >= 0.6 is 0 Å². The van der Waals surface area contributed by atoms with E-state index < -0.39 is 17.7 Å². The minimum absolute atomic E-state index is 0.125. The third-order valence-corrected chi connectivity index (χ3v) is 2.52. The van der Waals surface area contributed by atoms with Crippen LogP contribution in [0.5, 0.6) is 5.75 Å². The number of benzene rings is 1. The number of rotatable bonds is 6. The van der Waals surface area contributed by atoms with Gasteiger partial charge in [-0.15, -0.1) is 0 Å². The van der Waals surface area contributed by atoms with E-state index in [-0.39, 0.29) is 17.9 Å². The van der Waals surface area contributed by atoms with Gasteiger partial charge in [0.15, 0.2) is 0 Å². The number of carboxylic acids is 1. The zero-order valence-corrected chi connectivity index (χ0v) is 11.6. The number of halogens is 3. The number of alkyl halides is 3. The lowest BCUT2D eigenvalue weighted by Crippen LogP contribution is -2.20. The largest absolute Gasteiger partial charge is 0.492 e. The van der Waals surface area contributed by atoms with E-state index in [4.69, 9.17) is 9.84 Å². The van der Waals surface area contributed by atoms with E-state index in [2.05, 4.69) is 0 Å². The molecule has 1 aromatic rings. The van der Waals surface area contributed by atoms with Crippen LogP contribution in [-0.4, -0.2) is 43.2 Å². The van der Waals surface area contributed by atoms with Gasteiger partial charge in [-0.05, 0) is 37.9 Å². The van der Waals surface area contributed by atoms with Crippen molar-refractivity contribution in [3.05, 3.63) is 35.4 Å². The van der Waals surface area contributed by atoms with Crippen molar-refractivity contribution in [1.29, 1.82) is 0 Å². The molecule has 0 saturated heterocycles. The van der Waals surface area contributed by atoms with E-state index in [0.29, 0.717) is 6.54 Å². The van der Waals surface area contributed by atoms with E-state index in [0.717, 1.165) is 18.2 Å². The SMILES string of the molecule is CN(C)CCOc1ccc(C=CC(=O)O)cc1C(F)(F)F. The zero-order chi connectivity index (χ0) is 16.0. The number of carboxylic acid groups (broad SMARTS) is 1. The van der Waals surface area contributed by atoms with E-state index >= 15 is 0 Å². The highest BCUT2D eigenvalue weighted by Gasteiger charge is 2.34. The van der Waals surface area contributed by atoms with Crippen molar-refractivity contribution in [3.8, 4) is 5.75 Å². The summed E-state index contributed by atoms with van der Waals surface area (Å²) < 4.78 is 44.1. The molecule has 0 bridgehead atoms. The average Bonchev–Trinajstić information content (AvgIpc) is 2.35. The van der Waals surface area contributed by atoms with Gasteiger partial charge in [-0.1, -0.05) is 6.07 Å². The molecule has 0 atom stereocenters. The minimum Gasteiger partial charge on any atom is -0.492 e. The molecule has 1 N–H and O–H groups in total. The van der Waals surface area contributed by atoms with Gasteiger partial charge in [-0.3, -0.25) is 0 Å². The van der Waals surface area contributed by atoms with Crippen molar-refractivity contribution in [2.45, 2.75) is 6.18 Å². The molecule has 7 heteroatoms. The van der Waals surface area contributed by atoms with Crippen molar-refractivity contribution >= 4 is 12.0 Å². The van der Waals surface area contributed by atoms with Crippen LogP contribution in [0.25, 0.3) is 6.08 Å². The second-order valence-electron chi connectivity index (χ2n) is 4.58. The molecule has 0 amide bonds. The fourth-order valence-corrected chi connectivity index (χ4v) is 1.50. The molecule has 0 aliphatic heterocycles. The molecular formula is C14H16F3NO3. The molecule has 116 valence electrons. The Labute approximate surface area is 120 Å². The standard InChI is InChI=1S/C14H16F3NO3/c1-18(2)7-8-21-12-5-3-10(4-6-13(19)20)9-11(12)14(15,16)17/h3-6,9H,7-8H2,1-2H3,(H,19,20). The second kappa shape index (κ2) is 7.12. The van der Waals surface area contributed by atoms with Crippen LogP contribution in [0.2, 0.25) is 0 Å². The molecule has 0 unspecified atom stereocenters. The van der Waals surface area contributed by atoms with Gasteiger partial charge in [-0.25, -0.2) is 4.79 Å². The van der Waals surface area contributed by atoms with Gasteiger partial charge in [0.25, 0.3) is 0 Å². The Morgan fingerprint density at radius 1 is 1.38 bits per heavy atom. The first-order valence-electron chi connectivity index (χ1n) is 6.10. The van der Waals surface area contributed by atoms with Crippen molar-refractivity contribution in [2.24, 2.45) is 0 Å². The highest BCUT2D eigenvalue weighted by Crippen LogP contribution is 2.37. The van der Waals surface area contributed by atoms with Crippen LogP contribution in [0, 0.1) is 0 Å². The Morgan fingerprint density at radius 3 is 2.57 bits per heavy atom. The second-order valence-corrected chi connectivity index (χ2v) is 4.58. The van der Waals surface area contributed by atoms with E-state index in [1.807, 2.05) is 0 Å². The predicted octanol–water partition coefficient (Wildman–Crippen LogP) is 2.74. The molecule has 4 nitrogen and oxygen atoms in total. The van der Waals surface area contributed by atoms with Gasteiger partial charge in [0.05, 0.1) is 5.56 Å². The molecule has 0 heterocycles. The molecular weight excluding hydrogens is 287 g/mol. The number of carbonyl (C=O) groups is 1. The Kier molecular flexibility index (Phi) is 5.78. The lowest BCUT2D eigenvalue weighted by atomic mass is 10.1. The summed E-state index contributed by atoms with van der Waals surface area (Å²) in [6.45, 7) is 0.609. The van der Waals surface area contributed by atoms with E-state index in [9.17, 15) is 18.0 Å². The highest BCUT2D eigenvalue weighted by molar-refractivity contribution is 5.85. The van der Waals surface area contributed by atoms with Gasteiger partial charge >= 0.3 is 12.1 Å². The molecule has 0 radical (unpaired) electrons. The lowest BCUT2D eigenvalue weighted by Gasteiger charge is -2.16. The fraction of sp³-hybridized carbons (Fsp3) is 0.357. The Morgan fingerprint density at radius 2 is 2.05 bits per heavy atom.